The summed E-state index contributed by atoms with van der Waals surface area (Å²) < 4.78 is 4.78. The van der Waals surface area contributed by atoms with Gasteiger partial charge < -0.3 is 10.1 Å². The van der Waals surface area contributed by atoms with E-state index in [1.807, 2.05) is 0 Å². The van der Waals surface area contributed by atoms with E-state index in [1.54, 1.807) is 18.2 Å². The van der Waals surface area contributed by atoms with Gasteiger partial charge in [0.2, 0.25) is 0 Å². The van der Waals surface area contributed by atoms with Crippen molar-refractivity contribution in [2.45, 2.75) is 0 Å². The van der Waals surface area contributed by atoms with Crippen molar-refractivity contribution < 1.29 is 19.1 Å². The minimum Gasteiger partial charge on any atom is -0.452 e. The molecule has 3 amide bonds. The summed E-state index contributed by atoms with van der Waals surface area (Å²) in [6.45, 7) is 0.171. The topological polar surface area (TPSA) is 75.7 Å². The monoisotopic (exact) mass is 342 g/mol. The molecule has 0 aliphatic carbocycles. The fourth-order valence-electron chi connectivity index (χ4n) is 1.76. The van der Waals surface area contributed by atoms with Crippen LogP contribution < -0.4 is 5.32 Å². The summed E-state index contributed by atoms with van der Waals surface area (Å²) in [6.07, 6.45) is 2.60. The number of amides is 3. The van der Waals surface area contributed by atoms with Gasteiger partial charge in [0.25, 0.3) is 5.91 Å². The maximum absolute atomic E-state index is 11.7. The summed E-state index contributed by atoms with van der Waals surface area (Å²) in [5, 5.41) is 3.36. The zero-order valence-electron chi connectivity index (χ0n) is 11.3. The molecule has 0 atom stereocenters. The van der Waals surface area contributed by atoms with Crippen LogP contribution in [0.3, 0.4) is 0 Å². The molecular formula is C14H12Cl2N2O4. The summed E-state index contributed by atoms with van der Waals surface area (Å²) in [5.74, 6) is -1.28. The molecular weight excluding hydrogens is 331 g/mol. The number of rotatable bonds is 4. The average Bonchev–Trinajstić information content (AvgIpc) is 2.90. The molecule has 116 valence electrons. The Labute approximate surface area is 136 Å². The predicted octanol–water partition coefficient (Wildman–Crippen LogP) is 2.10. The van der Waals surface area contributed by atoms with Crippen LogP contribution in [0.25, 0.3) is 6.08 Å². The molecule has 6 nitrogen and oxygen atoms in total. The first kappa shape index (κ1) is 16.3. The molecule has 0 spiro atoms. The lowest BCUT2D eigenvalue weighted by atomic mass is 10.2. The van der Waals surface area contributed by atoms with Crippen molar-refractivity contribution >= 4 is 47.2 Å². The van der Waals surface area contributed by atoms with E-state index in [0.717, 1.165) is 11.0 Å². The number of imide groups is 1. The first-order valence-electron chi connectivity index (χ1n) is 6.35. The number of urea groups is 1. The summed E-state index contributed by atoms with van der Waals surface area (Å²) in [6, 6.07) is 4.34. The van der Waals surface area contributed by atoms with Crippen LogP contribution in [-0.2, 0) is 14.3 Å². The SMILES string of the molecule is O=C(/C=C/c1ccc(Cl)cc1Cl)OCC(=O)N1CCNC1=O. The van der Waals surface area contributed by atoms with Gasteiger partial charge in [-0.2, -0.15) is 0 Å². The van der Waals surface area contributed by atoms with Crippen molar-refractivity contribution in [3.63, 3.8) is 0 Å². The molecule has 1 N–H and O–H groups in total. The lowest BCUT2D eigenvalue weighted by molar-refractivity contribution is -0.146. The first-order chi connectivity index (χ1) is 10.5. The maximum Gasteiger partial charge on any atom is 0.331 e. The van der Waals surface area contributed by atoms with Crippen molar-refractivity contribution in [2.75, 3.05) is 19.7 Å². The Balaban J connectivity index is 1.86. The van der Waals surface area contributed by atoms with Crippen molar-refractivity contribution in [1.82, 2.24) is 10.2 Å². The van der Waals surface area contributed by atoms with E-state index in [0.29, 0.717) is 22.2 Å². The van der Waals surface area contributed by atoms with Gasteiger partial charge in [0.15, 0.2) is 6.61 Å². The molecule has 0 aromatic heterocycles. The number of hydrogen-bond acceptors (Lipinski definition) is 4. The zero-order chi connectivity index (χ0) is 16.1. The number of nitrogens with zero attached hydrogens (tertiary/aromatic N) is 1. The summed E-state index contributed by atoms with van der Waals surface area (Å²) in [5.41, 5.74) is 0.591. The molecule has 1 aromatic carbocycles. The maximum atomic E-state index is 11.7. The van der Waals surface area contributed by atoms with E-state index in [2.05, 4.69) is 5.32 Å². The van der Waals surface area contributed by atoms with E-state index in [4.69, 9.17) is 27.9 Å². The van der Waals surface area contributed by atoms with Gasteiger partial charge in [-0.15, -0.1) is 0 Å². The number of carbonyl (C=O) groups is 3. The van der Waals surface area contributed by atoms with Gasteiger partial charge in [0.1, 0.15) is 0 Å². The molecule has 1 aromatic rings. The Kier molecular flexibility index (Phi) is 5.41. The lowest BCUT2D eigenvalue weighted by Gasteiger charge is -2.11. The molecule has 22 heavy (non-hydrogen) atoms. The summed E-state index contributed by atoms with van der Waals surface area (Å²) in [7, 11) is 0. The molecule has 0 unspecified atom stereocenters. The second kappa shape index (κ2) is 7.29. The largest absolute Gasteiger partial charge is 0.452 e. The number of esters is 1. The highest BCUT2D eigenvalue weighted by Crippen LogP contribution is 2.21. The molecule has 1 heterocycles. The fourth-order valence-corrected chi connectivity index (χ4v) is 2.23. The lowest BCUT2D eigenvalue weighted by Crippen LogP contribution is -2.37. The predicted molar refractivity (Wildman–Crippen MR) is 81.6 cm³/mol. The number of hydrogen-bond donors (Lipinski definition) is 1. The molecule has 1 aliphatic rings. The van der Waals surface area contributed by atoms with E-state index < -0.39 is 24.5 Å². The van der Waals surface area contributed by atoms with E-state index >= 15 is 0 Å². The Morgan fingerprint density at radius 3 is 2.77 bits per heavy atom. The van der Waals surface area contributed by atoms with Crippen molar-refractivity contribution in [3.05, 3.63) is 39.9 Å². The normalized spacial score (nSPS) is 14.3. The summed E-state index contributed by atoms with van der Waals surface area (Å²) >= 11 is 11.7. The van der Waals surface area contributed by atoms with Gasteiger partial charge in [-0.25, -0.2) is 9.59 Å². The summed E-state index contributed by atoms with van der Waals surface area (Å²) in [4.78, 5) is 35.4. The highest BCUT2D eigenvalue weighted by Gasteiger charge is 2.26. The quantitative estimate of drug-likeness (QED) is 0.671. The number of carbonyl (C=O) groups excluding carboxylic acids is 3. The number of nitrogens with one attached hydrogen (secondary N) is 1. The van der Waals surface area contributed by atoms with Crippen LogP contribution in [0.2, 0.25) is 10.0 Å². The van der Waals surface area contributed by atoms with Crippen LogP contribution in [0.15, 0.2) is 24.3 Å². The van der Waals surface area contributed by atoms with E-state index in [-0.39, 0.29) is 6.54 Å². The fraction of sp³-hybridized carbons (Fsp3) is 0.214. The van der Waals surface area contributed by atoms with Crippen molar-refractivity contribution in [2.24, 2.45) is 0 Å². The zero-order valence-corrected chi connectivity index (χ0v) is 12.9. The second-order valence-electron chi connectivity index (χ2n) is 4.38. The van der Waals surface area contributed by atoms with Gasteiger partial charge in [-0.05, 0) is 23.8 Å². The van der Waals surface area contributed by atoms with Crippen LogP contribution in [0.4, 0.5) is 4.79 Å². The van der Waals surface area contributed by atoms with Gasteiger partial charge in [-0.3, -0.25) is 9.69 Å². The molecule has 1 saturated heterocycles. The third kappa shape index (κ3) is 4.22. The molecule has 0 saturated carbocycles. The highest BCUT2D eigenvalue weighted by molar-refractivity contribution is 6.35. The van der Waals surface area contributed by atoms with Crippen LogP contribution in [-0.4, -0.2) is 42.5 Å². The Morgan fingerprint density at radius 1 is 1.36 bits per heavy atom. The molecule has 8 heteroatoms. The molecule has 0 radical (unpaired) electrons. The standard InChI is InChI=1S/C14H12Cl2N2O4/c15-10-3-1-9(11(16)7-10)2-4-13(20)22-8-12(19)18-6-5-17-14(18)21/h1-4,7H,5-6,8H2,(H,17,21)/b4-2+. The smallest absolute Gasteiger partial charge is 0.331 e. The van der Waals surface area contributed by atoms with Crippen LogP contribution in [0, 0.1) is 0 Å². The Bertz CT molecular complexity index is 646. The number of ether oxygens (including phenoxy) is 1. The molecule has 1 aliphatic heterocycles. The number of benzene rings is 1. The van der Waals surface area contributed by atoms with Crippen LogP contribution >= 0.6 is 23.2 Å². The van der Waals surface area contributed by atoms with Gasteiger partial charge in [0, 0.05) is 29.2 Å². The van der Waals surface area contributed by atoms with Crippen molar-refractivity contribution in [3.8, 4) is 0 Å². The third-order valence-electron chi connectivity index (χ3n) is 2.86. The van der Waals surface area contributed by atoms with E-state index in [1.165, 1.54) is 6.08 Å². The second-order valence-corrected chi connectivity index (χ2v) is 5.23. The van der Waals surface area contributed by atoms with Crippen molar-refractivity contribution in [1.29, 1.82) is 0 Å². The van der Waals surface area contributed by atoms with Crippen LogP contribution in [0.5, 0.6) is 0 Å². The van der Waals surface area contributed by atoms with Gasteiger partial charge >= 0.3 is 12.0 Å². The highest BCUT2D eigenvalue weighted by atomic mass is 35.5. The molecule has 0 bridgehead atoms. The Morgan fingerprint density at radius 2 is 2.14 bits per heavy atom. The average molecular weight is 343 g/mol. The minimum absolute atomic E-state index is 0.269. The van der Waals surface area contributed by atoms with E-state index in [9.17, 15) is 14.4 Å². The molecule has 1 fully saturated rings. The molecule has 2 rings (SSSR count). The third-order valence-corrected chi connectivity index (χ3v) is 3.42. The van der Waals surface area contributed by atoms with Crippen LogP contribution in [0.1, 0.15) is 5.56 Å². The first-order valence-corrected chi connectivity index (χ1v) is 7.11. The Hall–Kier alpha value is -2.05. The van der Waals surface area contributed by atoms with Gasteiger partial charge in [0.05, 0.1) is 0 Å². The van der Waals surface area contributed by atoms with Gasteiger partial charge in [-0.1, -0.05) is 29.3 Å². The number of halogens is 2. The minimum atomic E-state index is -0.709.